The van der Waals surface area contributed by atoms with Gasteiger partial charge in [-0.15, -0.1) is 0 Å². The van der Waals surface area contributed by atoms with Crippen molar-refractivity contribution >= 4 is 0 Å². The SMILES string of the molecule is COc1ccc(C(C[N+](=O)[O-])C(C)C)cc1C(F)(F)F. The predicted molar refractivity (Wildman–Crippen MR) is 67.4 cm³/mol. The lowest BCUT2D eigenvalue weighted by Gasteiger charge is -2.20. The molecule has 4 nitrogen and oxygen atoms in total. The normalized spacial score (nSPS) is 13.3. The summed E-state index contributed by atoms with van der Waals surface area (Å²) in [6, 6.07) is 3.59. The van der Waals surface area contributed by atoms with Gasteiger partial charge in [-0.05, 0) is 23.6 Å². The standard InChI is InChI=1S/C13H16F3NO3/c1-8(2)10(7-17(18)19)9-4-5-12(20-3)11(6-9)13(14,15)16/h4-6,8,10H,7H2,1-3H3. The molecule has 112 valence electrons. The number of benzene rings is 1. The molecule has 0 aliphatic heterocycles. The molecule has 0 spiro atoms. The lowest BCUT2D eigenvalue weighted by atomic mass is 9.87. The predicted octanol–water partition coefficient (Wildman–Crippen LogP) is 3.73. The molecule has 0 aromatic heterocycles. The summed E-state index contributed by atoms with van der Waals surface area (Å²) in [7, 11) is 1.15. The quantitative estimate of drug-likeness (QED) is 0.613. The minimum absolute atomic E-state index is 0.144. The van der Waals surface area contributed by atoms with E-state index < -0.39 is 29.1 Å². The van der Waals surface area contributed by atoms with E-state index in [1.165, 1.54) is 12.1 Å². The zero-order valence-corrected chi connectivity index (χ0v) is 11.4. The van der Waals surface area contributed by atoms with Gasteiger partial charge >= 0.3 is 6.18 Å². The Morgan fingerprint density at radius 1 is 1.35 bits per heavy atom. The maximum Gasteiger partial charge on any atom is 0.419 e. The molecular formula is C13H16F3NO3. The van der Waals surface area contributed by atoms with Crippen molar-refractivity contribution in [2.24, 2.45) is 5.92 Å². The summed E-state index contributed by atoms with van der Waals surface area (Å²) >= 11 is 0. The molecule has 1 atom stereocenters. The zero-order chi connectivity index (χ0) is 15.5. The lowest BCUT2D eigenvalue weighted by molar-refractivity contribution is -0.484. The molecule has 0 aliphatic carbocycles. The third-order valence-electron chi connectivity index (χ3n) is 3.11. The van der Waals surface area contributed by atoms with Crippen LogP contribution in [0.25, 0.3) is 0 Å². The molecular weight excluding hydrogens is 275 g/mol. The van der Waals surface area contributed by atoms with E-state index in [4.69, 9.17) is 4.74 Å². The summed E-state index contributed by atoms with van der Waals surface area (Å²) in [4.78, 5) is 10.1. The average Bonchev–Trinajstić information content (AvgIpc) is 2.33. The van der Waals surface area contributed by atoms with E-state index in [9.17, 15) is 23.3 Å². The highest BCUT2D eigenvalue weighted by Crippen LogP contribution is 2.38. The van der Waals surface area contributed by atoms with Gasteiger partial charge < -0.3 is 4.74 Å². The monoisotopic (exact) mass is 291 g/mol. The highest BCUT2D eigenvalue weighted by atomic mass is 19.4. The van der Waals surface area contributed by atoms with Gasteiger partial charge in [0.25, 0.3) is 0 Å². The van der Waals surface area contributed by atoms with Gasteiger partial charge in [0.15, 0.2) is 0 Å². The molecule has 1 aromatic rings. The van der Waals surface area contributed by atoms with Crippen LogP contribution in [0.1, 0.15) is 30.9 Å². The summed E-state index contributed by atoms with van der Waals surface area (Å²) < 4.78 is 43.5. The number of ether oxygens (including phenoxy) is 1. The molecule has 0 fully saturated rings. The van der Waals surface area contributed by atoms with Crippen molar-refractivity contribution in [2.45, 2.75) is 25.9 Å². The first kappa shape index (κ1) is 16.3. The molecule has 0 saturated heterocycles. The molecule has 0 N–H and O–H groups in total. The minimum Gasteiger partial charge on any atom is -0.496 e. The maximum atomic E-state index is 12.9. The zero-order valence-electron chi connectivity index (χ0n) is 11.4. The van der Waals surface area contributed by atoms with Gasteiger partial charge in [0.2, 0.25) is 6.54 Å². The second-order valence-corrected chi connectivity index (χ2v) is 4.82. The van der Waals surface area contributed by atoms with Crippen LogP contribution in [-0.4, -0.2) is 18.6 Å². The first-order chi connectivity index (χ1) is 9.16. The van der Waals surface area contributed by atoms with Crippen molar-refractivity contribution in [3.8, 4) is 5.75 Å². The fraction of sp³-hybridized carbons (Fsp3) is 0.538. The molecule has 1 rings (SSSR count). The van der Waals surface area contributed by atoms with Crippen LogP contribution in [0, 0.1) is 16.0 Å². The second-order valence-electron chi connectivity index (χ2n) is 4.82. The molecule has 0 amide bonds. The molecule has 0 radical (unpaired) electrons. The molecule has 1 aromatic carbocycles. The van der Waals surface area contributed by atoms with E-state index in [1.54, 1.807) is 13.8 Å². The van der Waals surface area contributed by atoms with Crippen molar-refractivity contribution < 1.29 is 22.8 Å². The van der Waals surface area contributed by atoms with Gasteiger partial charge in [-0.3, -0.25) is 10.1 Å². The van der Waals surface area contributed by atoms with Crippen LogP contribution in [0.3, 0.4) is 0 Å². The number of rotatable bonds is 5. The minimum atomic E-state index is -4.56. The summed E-state index contributed by atoms with van der Waals surface area (Å²) in [5, 5.41) is 10.7. The third kappa shape index (κ3) is 3.85. The number of methoxy groups -OCH3 is 1. The summed E-state index contributed by atoms with van der Waals surface area (Å²) in [6.45, 7) is 3.08. The Bertz CT molecular complexity index is 486. The summed E-state index contributed by atoms with van der Waals surface area (Å²) in [5.74, 6) is -1.00. The average molecular weight is 291 g/mol. The first-order valence-electron chi connectivity index (χ1n) is 6.03. The Hall–Kier alpha value is -1.79. The highest BCUT2D eigenvalue weighted by molar-refractivity contribution is 5.40. The molecule has 0 bridgehead atoms. The Kier molecular flexibility index (Phi) is 4.97. The Balaban J connectivity index is 3.27. The molecule has 1 unspecified atom stereocenters. The smallest absolute Gasteiger partial charge is 0.419 e. The molecule has 0 heterocycles. The highest BCUT2D eigenvalue weighted by Gasteiger charge is 2.35. The van der Waals surface area contributed by atoms with Gasteiger partial charge in [0.1, 0.15) is 5.75 Å². The van der Waals surface area contributed by atoms with Gasteiger partial charge in [-0.1, -0.05) is 19.9 Å². The number of hydrogen-bond donors (Lipinski definition) is 0. The maximum absolute atomic E-state index is 12.9. The molecule has 0 saturated carbocycles. The van der Waals surface area contributed by atoms with E-state index >= 15 is 0 Å². The molecule has 20 heavy (non-hydrogen) atoms. The van der Waals surface area contributed by atoms with Crippen LogP contribution in [0.5, 0.6) is 5.75 Å². The molecule has 0 aliphatic rings. The Morgan fingerprint density at radius 3 is 2.35 bits per heavy atom. The van der Waals surface area contributed by atoms with E-state index in [2.05, 4.69) is 0 Å². The number of alkyl halides is 3. The number of nitro groups is 1. The van der Waals surface area contributed by atoms with Crippen molar-refractivity contribution in [2.75, 3.05) is 13.7 Å². The molecule has 7 heteroatoms. The summed E-state index contributed by atoms with van der Waals surface area (Å²) in [5.41, 5.74) is -0.615. The van der Waals surface area contributed by atoms with Gasteiger partial charge in [0, 0.05) is 4.92 Å². The van der Waals surface area contributed by atoms with Crippen LogP contribution in [0.15, 0.2) is 18.2 Å². The number of nitrogens with zero attached hydrogens (tertiary/aromatic N) is 1. The van der Waals surface area contributed by atoms with Gasteiger partial charge in [0.05, 0.1) is 18.6 Å². The summed E-state index contributed by atoms with van der Waals surface area (Å²) in [6.07, 6.45) is -4.56. The van der Waals surface area contributed by atoms with Crippen LogP contribution in [0.2, 0.25) is 0 Å². The van der Waals surface area contributed by atoms with Crippen molar-refractivity contribution in [3.63, 3.8) is 0 Å². The number of hydrogen-bond acceptors (Lipinski definition) is 3. The van der Waals surface area contributed by atoms with Crippen molar-refractivity contribution in [1.82, 2.24) is 0 Å². The van der Waals surface area contributed by atoms with Gasteiger partial charge in [-0.25, -0.2) is 0 Å². The van der Waals surface area contributed by atoms with Crippen LogP contribution < -0.4 is 4.74 Å². The van der Waals surface area contributed by atoms with Crippen LogP contribution >= 0.6 is 0 Å². The van der Waals surface area contributed by atoms with Crippen LogP contribution in [-0.2, 0) is 6.18 Å². The second kappa shape index (κ2) is 6.11. The number of halogens is 3. The fourth-order valence-electron chi connectivity index (χ4n) is 2.04. The van der Waals surface area contributed by atoms with Crippen molar-refractivity contribution in [3.05, 3.63) is 39.4 Å². The van der Waals surface area contributed by atoms with E-state index in [0.29, 0.717) is 5.56 Å². The largest absolute Gasteiger partial charge is 0.496 e. The topological polar surface area (TPSA) is 52.4 Å². The van der Waals surface area contributed by atoms with E-state index in [0.717, 1.165) is 13.2 Å². The fourth-order valence-corrected chi connectivity index (χ4v) is 2.04. The third-order valence-corrected chi connectivity index (χ3v) is 3.11. The van der Waals surface area contributed by atoms with Gasteiger partial charge in [-0.2, -0.15) is 13.2 Å². The van der Waals surface area contributed by atoms with E-state index in [-0.39, 0.29) is 11.7 Å². The van der Waals surface area contributed by atoms with E-state index in [1.807, 2.05) is 0 Å². The van der Waals surface area contributed by atoms with Crippen LogP contribution in [0.4, 0.5) is 13.2 Å². The lowest BCUT2D eigenvalue weighted by Crippen LogP contribution is -2.19. The first-order valence-corrected chi connectivity index (χ1v) is 6.03. The Labute approximate surface area is 114 Å². The Morgan fingerprint density at radius 2 is 1.95 bits per heavy atom. The van der Waals surface area contributed by atoms with Crippen molar-refractivity contribution in [1.29, 1.82) is 0 Å².